The maximum Gasteiger partial charge on any atom is 0.239 e. The minimum atomic E-state index is -0.517. The Morgan fingerprint density at radius 3 is 2.74 bits per heavy atom. The summed E-state index contributed by atoms with van der Waals surface area (Å²) in [4.78, 5) is 15.2. The van der Waals surface area contributed by atoms with Crippen LogP contribution in [0.15, 0.2) is 17.5 Å². The van der Waals surface area contributed by atoms with Crippen LogP contribution >= 0.6 is 11.3 Å². The molecule has 1 aromatic rings. The summed E-state index contributed by atoms with van der Waals surface area (Å²) in [6, 6.07) is 3.47. The van der Waals surface area contributed by atoms with Gasteiger partial charge in [0.05, 0.1) is 19.2 Å². The molecule has 1 unspecified atom stereocenters. The third-order valence-corrected chi connectivity index (χ3v) is 3.62. The number of nitrogens with two attached hydrogens (primary N) is 1. The molecule has 0 saturated heterocycles. The summed E-state index contributed by atoms with van der Waals surface area (Å²) >= 11 is 1.63. The predicted molar refractivity (Wildman–Crippen MR) is 76.1 cm³/mol. The smallest absolute Gasteiger partial charge is 0.239 e. The van der Waals surface area contributed by atoms with Gasteiger partial charge in [-0.3, -0.25) is 4.79 Å². The SMILES string of the molecule is COCCC(N)C(=O)N(CCOC)Cc1cccs1. The third kappa shape index (κ3) is 5.69. The van der Waals surface area contributed by atoms with E-state index < -0.39 is 6.04 Å². The Morgan fingerprint density at radius 1 is 1.42 bits per heavy atom. The van der Waals surface area contributed by atoms with E-state index in [4.69, 9.17) is 15.2 Å². The average Bonchev–Trinajstić information content (AvgIpc) is 2.92. The lowest BCUT2D eigenvalue weighted by molar-refractivity contribution is -0.134. The zero-order valence-corrected chi connectivity index (χ0v) is 12.3. The van der Waals surface area contributed by atoms with Gasteiger partial charge in [0.15, 0.2) is 0 Å². The Labute approximate surface area is 118 Å². The standard InChI is InChI=1S/C13H22N2O3S/c1-17-7-5-12(14)13(16)15(6-8-18-2)10-11-4-3-9-19-11/h3-4,9,12H,5-8,10,14H2,1-2H3. The first kappa shape index (κ1) is 16.1. The van der Waals surface area contributed by atoms with Gasteiger partial charge in [0.2, 0.25) is 5.91 Å². The summed E-state index contributed by atoms with van der Waals surface area (Å²) in [6.45, 7) is 2.13. The van der Waals surface area contributed by atoms with Crippen LogP contribution in [0.4, 0.5) is 0 Å². The molecule has 0 bridgehead atoms. The number of hydrogen-bond acceptors (Lipinski definition) is 5. The largest absolute Gasteiger partial charge is 0.385 e. The van der Waals surface area contributed by atoms with Crippen LogP contribution in [0, 0.1) is 0 Å². The average molecular weight is 286 g/mol. The fraction of sp³-hybridized carbons (Fsp3) is 0.615. The van der Waals surface area contributed by atoms with Crippen LogP contribution in [-0.4, -0.2) is 50.8 Å². The van der Waals surface area contributed by atoms with Crippen molar-refractivity contribution in [1.82, 2.24) is 4.90 Å². The van der Waals surface area contributed by atoms with E-state index in [1.807, 2.05) is 17.5 Å². The van der Waals surface area contributed by atoms with Crippen molar-refractivity contribution < 1.29 is 14.3 Å². The Balaban J connectivity index is 2.58. The van der Waals surface area contributed by atoms with E-state index in [1.54, 1.807) is 30.5 Å². The van der Waals surface area contributed by atoms with Crippen LogP contribution in [0.5, 0.6) is 0 Å². The lowest BCUT2D eigenvalue weighted by Crippen LogP contribution is -2.45. The fourth-order valence-electron chi connectivity index (χ4n) is 1.66. The molecule has 1 aromatic heterocycles. The number of thiophene rings is 1. The van der Waals surface area contributed by atoms with Crippen molar-refractivity contribution in [3.05, 3.63) is 22.4 Å². The Kier molecular flexibility index (Phi) is 7.66. The molecule has 1 amide bonds. The second-order valence-corrected chi connectivity index (χ2v) is 5.25. The second-order valence-electron chi connectivity index (χ2n) is 4.22. The maximum atomic E-state index is 12.3. The molecule has 0 aliphatic carbocycles. The molecule has 0 aromatic carbocycles. The van der Waals surface area contributed by atoms with Gasteiger partial charge in [0, 0.05) is 32.2 Å². The number of hydrogen-bond donors (Lipinski definition) is 1. The van der Waals surface area contributed by atoms with E-state index >= 15 is 0 Å². The van der Waals surface area contributed by atoms with Crippen molar-refractivity contribution in [3.63, 3.8) is 0 Å². The quantitative estimate of drug-likeness (QED) is 0.738. The summed E-state index contributed by atoms with van der Waals surface area (Å²) in [6.07, 6.45) is 0.531. The number of rotatable bonds is 9. The minimum absolute atomic E-state index is 0.0532. The Morgan fingerprint density at radius 2 is 2.16 bits per heavy atom. The van der Waals surface area contributed by atoms with Crippen LogP contribution < -0.4 is 5.73 Å². The first-order valence-corrected chi connectivity index (χ1v) is 7.11. The molecule has 6 heteroatoms. The van der Waals surface area contributed by atoms with Crippen molar-refractivity contribution in [2.45, 2.75) is 19.0 Å². The van der Waals surface area contributed by atoms with Crippen LogP contribution in [0.2, 0.25) is 0 Å². The van der Waals surface area contributed by atoms with Crippen molar-refractivity contribution in [1.29, 1.82) is 0 Å². The molecule has 0 fully saturated rings. The predicted octanol–water partition coefficient (Wildman–Crippen LogP) is 1.09. The van der Waals surface area contributed by atoms with E-state index in [0.29, 0.717) is 32.7 Å². The zero-order chi connectivity index (χ0) is 14.1. The van der Waals surface area contributed by atoms with E-state index in [-0.39, 0.29) is 5.91 Å². The molecule has 1 rings (SSSR count). The molecule has 0 saturated carbocycles. The van der Waals surface area contributed by atoms with E-state index in [2.05, 4.69) is 0 Å². The summed E-state index contributed by atoms with van der Waals surface area (Å²) < 4.78 is 10.0. The normalized spacial score (nSPS) is 12.4. The zero-order valence-electron chi connectivity index (χ0n) is 11.5. The molecule has 19 heavy (non-hydrogen) atoms. The maximum absolute atomic E-state index is 12.3. The molecule has 0 aliphatic rings. The highest BCUT2D eigenvalue weighted by Gasteiger charge is 2.21. The molecule has 0 aliphatic heterocycles. The van der Waals surface area contributed by atoms with Gasteiger partial charge in [-0.25, -0.2) is 0 Å². The molecule has 1 heterocycles. The molecule has 0 spiro atoms. The van der Waals surface area contributed by atoms with Crippen molar-refractivity contribution in [2.75, 3.05) is 34.0 Å². The van der Waals surface area contributed by atoms with Crippen molar-refractivity contribution in [2.24, 2.45) is 5.73 Å². The number of ether oxygens (including phenoxy) is 2. The van der Waals surface area contributed by atoms with E-state index in [9.17, 15) is 4.79 Å². The van der Waals surface area contributed by atoms with Gasteiger partial charge < -0.3 is 20.1 Å². The van der Waals surface area contributed by atoms with Crippen LogP contribution in [0.25, 0.3) is 0 Å². The van der Waals surface area contributed by atoms with Gasteiger partial charge in [0.1, 0.15) is 0 Å². The number of methoxy groups -OCH3 is 2. The number of amides is 1. The fourth-order valence-corrected chi connectivity index (χ4v) is 2.38. The first-order chi connectivity index (χ1) is 9.19. The number of carbonyl (C=O) groups is 1. The highest BCUT2D eigenvalue weighted by molar-refractivity contribution is 7.09. The summed E-state index contributed by atoms with van der Waals surface area (Å²) in [5, 5.41) is 2.00. The molecular weight excluding hydrogens is 264 g/mol. The van der Waals surface area contributed by atoms with Crippen molar-refractivity contribution >= 4 is 17.2 Å². The Hall–Kier alpha value is -0.950. The molecular formula is C13H22N2O3S. The van der Waals surface area contributed by atoms with E-state index in [1.165, 1.54) is 0 Å². The number of carbonyl (C=O) groups excluding carboxylic acids is 1. The molecule has 2 N–H and O–H groups in total. The number of nitrogens with zero attached hydrogens (tertiary/aromatic N) is 1. The lowest BCUT2D eigenvalue weighted by Gasteiger charge is -2.25. The third-order valence-electron chi connectivity index (χ3n) is 2.75. The minimum Gasteiger partial charge on any atom is -0.385 e. The van der Waals surface area contributed by atoms with Gasteiger partial charge in [-0.1, -0.05) is 6.07 Å². The first-order valence-electron chi connectivity index (χ1n) is 6.23. The monoisotopic (exact) mass is 286 g/mol. The van der Waals surface area contributed by atoms with E-state index in [0.717, 1.165) is 4.88 Å². The van der Waals surface area contributed by atoms with Gasteiger partial charge in [-0.05, 0) is 17.9 Å². The van der Waals surface area contributed by atoms with Crippen LogP contribution in [0.3, 0.4) is 0 Å². The van der Waals surface area contributed by atoms with Gasteiger partial charge in [-0.2, -0.15) is 0 Å². The van der Waals surface area contributed by atoms with Gasteiger partial charge in [0.25, 0.3) is 0 Å². The van der Waals surface area contributed by atoms with Crippen LogP contribution in [-0.2, 0) is 20.8 Å². The lowest BCUT2D eigenvalue weighted by atomic mass is 10.2. The summed E-state index contributed by atoms with van der Waals surface area (Å²) in [5.74, 6) is -0.0532. The Bertz CT molecular complexity index is 357. The molecule has 5 nitrogen and oxygen atoms in total. The summed E-state index contributed by atoms with van der Waals surface area (Å²) in [5.41, 5.74) is 5.90. The van der Waals surface area contributed by atoms with Gasteiger partial charge >= 0.3 is 0 Å². The highest BCUT2D eigenvalue weighted by Crippen LogP contribution is 2.13. The highest BCUT2D eigenvalue weighted by atomic mass is 32.1. The van der Waals surface area contributed by atoms with Gasteiger partial charge in [-0.15, -0.1) is 11.3 Å². The molecule has 0 radical (unpaired) electrons. The second kappa shape index (κ2) is 9.03. The summed E-state index contributed by atoms with van der Waals surface area (Å²) in [7, 11) is 3.23. The molecule has 108 valence electrons. The van der Waals surface area contributed by atoms with Crippen molar-refractivity contribution in [3.8, 4) is 0 Å². The topological polar surface area (TPSA) is 64.8 Å². The van der Waals surface area contributed by atoms with Crippen LogP contribution in [0.1, 0.15) is 11.3 Å². The molecule has 1 atom stereocenters.